The van der Waals surface area contributed by atoms with Crippen molar-refractivity contribution in [2.24, 2.45) is 0 Å². The van der Waals surface area contributed by atoms with E-state index in [0.717, 1.165) is 55.4 Å². The fourth-order valence-corrected chi connectivity index (χ4v) is 7.92. The van der Waals surface area contributed by atoms with Crippen molar-refractivity contribution in [2.45, 2.75) is 0 Å². The summed E-state index contributed by atoms with van der Waals surface area (Å²) >= 11 is 0. The molecule has 0 spiro atoms. The van der Waals surface area contributed by atoms with Crippen molar-refractivity contribution >= 4 is 54.0 Å². The molecule has 0 saturated carbocycles. The van der Waals surface area contributed by atoms with Gasteiger partial charge in [-0.15, -0.1) is 0 Å². The van der Waals surface area contributed by atoms with E-state index < -0.39 is 0 Å². The quantitative estimate of drug-likeness (QED) is 0.174. The Bertz CT molecular complexity index is 3000. The number of nitrogens with zero attached hydrogens (tertiary/aromatic N) is 1. The normalized spacial score (nSPS) is 11.6. The van der Waals surface area contributed by atoms with Crippen LogP contribution in [0.4, 0.5) is 0 Å². The SMILES string of the molecule is O=c1c2ccc(-c3ccccc3)cc2c2cc(-c3ccccc3)ccc2n1-c1cccc(-c2ccc3c4ccccc4c4ccccc4c3c2)c1. The van der Waals surface area contributed by atoms with Gasteiger partial charge in [-0.2, -0.15) is 0 Å². The van der Waals surface area contributed by atoms with Gasteiger partial charge in [0.2, 0.25) is 0 Å². The number of rotatable bonds is 4. The van der Waals surface area contributed by atoms with Gasteiger partial charge in [-0.3, -0.25) is 9.36 Å². The van der Waals surface area contributed by atoms with Crippen LogP contribution in [0.3, 0.4) is 0 Å². The Kier molecular flexibility index (Phi) is 6.68. The molecule has 0 unspecified atom stereocenters. The Morgan fingerprint density at radius 2 is 0.686 bits per heavy atom. The molecular weight excluding hydrogens is 619 g/mol. The number of pyridine rings is 1. The van der Waals surface area contributed by atoms with Crippen LogP contribution < -0.4 is 5.56 Å². The van der Waals surface area contributed by atoms with Crippen LogP contribution in [0.2, 0.25) is 0 Å². The zero-order valence-electron chi connectivity index (χ0n) is 27.8. The van der Waals surface area contributed by atoms with Crippen LogP contribution in [0.1, 0.15) is 0 Å². The van der Waals surface area contributed by atoms with Gasteiger partial charge in [0.05, 0.1) is 5.52 Å². The lowest BCUT2D eigenvalue weighted by atomic mass is 9.92. The minimum absolute atomic E-state index is 0.0299. The Morgan fingerprint density at radius 3 is 1.29 bits per heavy atom. The van der Waals surface area contributed by atoms with Crippen LogP contribution in [-0.4, -0.2) is 4.57 Å². The maximum Gasteiger partial charge on any atom is 0.263 e. The van der Waals surface area contributed by atoms with Crippen molar-refractivity contribution < 1.29 is 0 Å². The van der Waals surface area contributed by atoms with Gasteiger partial charge in [0.25, 0.3) is 5.56 Å². The second-order valence-electron chi connectivity index (χ2n) is 13.3. The summed E-state index contributed by atoms with van der Waals surface area (Å²) < 4.78 is 1.89. The summed E-state index contributed by atoms with van der Waals surface area (Å²) in [5.41, 5.74) is 8.34. The van der Waals surface area contributed by atoms with E-state index in [0.29, 0.717) is 5.39 Å². The van der Waals surface area contributed by atoms with Crippen LogP contribution >= 0.6 is 0 Å². The summed E-state index contributed by atoms with van der Waals surface area (Å²) in [6, 6.07) is 66.0. The molecule has 0 fully saturated rings. The first-order valence-electron chi connectivity index (χ1n) is 17.4. The molecule has 10 rings (SSSR count). The van der Waals surface area contributed by atoms with E-state index in [2.05, 4.69) is 164 Å². The number of hydrogen-bond acceptors (Lipinski definition) is 1. The predicted octanol–water partition coefficient (Wildman–Crippen LogP) is 12.6. The van der Waals surface area contributed by atoms with E-state index >= 15 is 0 Å². The molecule has 0 aliphatic carbocycles. The highest BCUT2D eigenvalue weighted by atomic mass is 16.1. The Labute approximate surface area is 295 Å². The maximum atomic E-state index is 14.6. The first kappa shape index (κ1) is 29.2. The molecule has 0 N–H and O–H groups in total. The molecule has 238 valence electrons. The number of fused-ring (bicyclic) bond motifs is 9. The van der Waals surface area contributed by atoms with E-state index in [1.807, 2.05) is 28.8 Å². The third kappa shape index (κ3) is 4.76. The first-order valence-corrected chi connectivity index (χ1v) is 17.4. The Balaban J connectivity index is 1.20. The Morgan fingerprint density at radius 1 is 0.275 bits per heavy atom. The molecule has 0 bridgehead atoms. The second kappa shape index (κ2) is 11.7. The van der Waals surface area contributed by atoms with E-state index in [1.54, 1.807) is 0 Å². The van der Waals surface area contributed by atoms with Crippen molar-refractivity contribution in [3.63, 3.8) is 0 Å². The lowest BCUT2D eigenvalue weighted by Crippen LogP contribution is -2.19. The standard InChI is InChI=1S/C49H31NO/c51-49-44-26-23-35(32-12-3-1-4-13-32)29-46(44)47-31-36(33-14-5-2-6-15-33)24-27-48(47)50(49)38-17-11-16-34(28-38)37-22-25-43-41-20-8-7-18-39(41)40-19-9-10-21-42(40)45(43)30-37/h1-31H. The molecule has 0 saturated heterocycles. The smallest absolute Gasteiger partial charge is 0.263 e. The molecule has 2 heteroatoms. The largest absolute Gasteiger partial charge is 0.276 e. The molecule has 1 aromatic heterocycles. The lowest BCUT2D eigenvalue weighted by Gasteiger charge is -2.17. The van der Waals surface area contributed by atoms with Crippen LogP contribution in [0.15, 0.2) is 193 Å². The average Bonchev–Trinajstić information content (AvgIpc) is 3.21. The van der Waals surface area contributed by atoms with Crippen molar-refractivity contribution in [3.05, 3.63) is 198 Å². The summed E-state index contributed by atoms with van der Waals surface area (Å²) in [7, 11) is 0. The van der Waals surface area contributed by atoms with Gasteiger partial charge in [0, 0.05) is 16.5 Å². The zero-order valence-corrected chi connectivity index (χ0v) is 27.8. The number of hydrogen-bond donors (Lipinski definition) is 0. The number of benzene rings is 9. The van der Waals surface area contributed by atoms with Gasteiger partial charge in [0.15, 0.2) is 0 Å². The van der Waals surface area contributed by atoms with Crippen molar-refractivity contribution in [1.29, 1.82) is 0 Å². The molecule has 0 amide bonds. The highest BCUT2D eigenvalue weighted by Crippen LogP contribution is 2.38. The third-order valence-corrected chi connectivity index (χ3v) is 10.4. The molecule has 10 aromatic rings. The Hall–Kier alpha value is -6.77. The van der Waals surface area contributed by atoms with Gasteiger partial charge >= 0.3 is 0 Å². The van der Waals surface area contributed by atoms with E-state index in [1.165, 1.54) is 32.3 Å². The molecule has 2 nitrogen and oxygen atoms in total. The van der Waals surface area contributed by atoms with E-state index in [9.17, 15) is 4.79 Å². The topological polar surface area (TPSA) is 22.0 Å². The zero-order chi connectivity index (χ0) is 33.9. The highest BCUT2D eigenvalue weighted by molar-refractivity contribution is 6.25. The predicted molar refractivity (Wildman–Crippen MR) is 216 cm³/mol. The average molecular weight is 650 g/mol. The van der Waals surface area contributed by atoms with Crippen molar-refractivity contribution in [3.8, 4) is 39.1 Å². The minimum Gasteiger partial charge on any atom is -0.276 e. The lowest BCUT2D eigenvalue weighted by molar-refractivity contribution is 1.06. The highest BCUT2D eigenvalue weighted by Gasteiger charge is 2.16. The summed E-state index contributed by atoms with van der Waals surface area (Å²) in [4.78, 5) is 14.6. The summed E-state index contributed by atoms with van der Waals surface area (Å²) in [6.45, 7) is 0. The van der Waals surface area contributed by atoms with Crippen LogP contribution in [0.25, 0.3) is 93.1 Å². The molecule has 0 aliphatic heterocycles. The monoisotopic (exact) mass is 649 g/mol. The van der Waals surface area contributed by atoms with Crippen LogP contribution in [0.5, 0.6) is 0 Å². The molecular formula is C49H31NO. The fraction of sp³-hybridized carbons (Fsp3) is 0. The summed E-state index contributed by atoms with van der Waals surface area (Å²) in [6.07, 6.45) is 0. The van der Waals surface area contributed by atoms with Gasteiger partial charge in [0.1, 0.15) is 0 Å². The van der Waals surface area contributed by atoms with E-state index in [-0.39, 0.29) is 5.56 Å². The summed E-state index contributed by atoms with van der Waals surface area (Å²) in [5, 5.41) is 10.2. The van der Waals surface area contributed by atoms with E-state index in [4.69, 9.17) is 0 Å². The van der Waals surface area contributed by atoms with Crippen molar-refractivity contribution in [2.75, 3.05) is 0 Å². The molecule has 1 heterocycles. The third-order valence-electron chi connectivity index (χ3n) is 10.4. The molecule has 51 heavy (non-hydrogen) atoms. The van der Waals surface area contributed by atoms with Gasteiger partial charge in [-0.25, -0.2) is 0 Å². The van der Waals surface area contributed by atoms with Gasteiger partial charge in [-0.05, 0) is 114 Å². The van der Waals surface area contributed by atoms with Gasteiger partial charge < -0.3 is 0 Å². The number of aromatic nitrogens is 1. The van der Waals surface area contributed by atoms with Crippen LogP contribution in [0, 0.1) is 0 Å². The van der Waals surface area contributed by atoms with Gasteiger partial charge in [-0.1, -0.05) is 146 Å². The summed E-state index contributed by atoms with van der Waals surface area (Å²) in [5.74, 6) is 0. The van der Waals surface area contributed by atoms with Crippen molar-refractivity contribution in [1.82, 2.24) is 4.57 Å². The molecule has 0 radical (unpaired) electrons. The molecule has 9 aromatic carbocycles. The fourth-order valence-electron chi connectivity index (χ4n) is 7.92. The second-order valence-corrected chi connectivity index (χ2v) is 13.3. The molecule has 0 atom stereocenters. The maximum absolute atomic E-state index is 14.6. The minimum atomic E-state index is -0.0299. The van der Waals surface area contributed by atoms with Crippen LogP contribution in [-0.2, 0) is 0 Å². The molecule has 0 aliphatic rings. The first-order chi connectivity index (χ1) is 25.2.